The smallest absolute Gasteiger partial charge is 0.347 e. The first-order chi connectivity index (χ1) is 14.6. The van der Waals surface area contributed by atoms with Gasteiger partial charge in [-0.25, -0.2) is 4.79 Å². The summed E-state index contributed by atoms with van der Waals surface area (Å²) in [6, 6.07) is 15.0. The van der Waals surface area contributed by atoms with E-state index in [0.717, 1.165) is 14.9 Å². The molecule has 3 rings (SSSR count). The van der Waals surface area contributed by atoms with Gasteiger partial charge >= 0.3 is 5.97 Å². The van der Waals surface area contributed by atoms with E-state index in [1.165, 1.54) is 25.2 Å². The summed E-state index contributed by atoms with van der Waals surface area (Å²) in [5.74, 6) is -0.910. The molecule has 162 valence electrons. The van der Waals surface area contributed by atoms with Gasteiger partial charge in [-0.3, -0.25) is 4.79 Å². The van der Waals surface area contributed by atoms with E-state index < -0.39 is 11.6 Å². The van der Waals surface area contributed by atoms with Gasteiger partial charge in [-0.2, -0.15) is 0 Å². The van der Waals surface area contributed by atoms with Crippen molar-refractivity contribution in [1.82, 2.24) is 0 Å². The van der Waals surface area contributed by atoms with Gasteiger partial charge in [0.25, 0.3) is 0 Å². The number of hydrogen-bond acceptors (Lipinski definition) is 4. The molecule has 31 heavy (non-hydrogen) atoms. The highest BCUT2D eigenvalue weighted by Gasteiger charge is 2.30. The molecule has 8 heteroatoms. The molecule has 1 aromatic heterocycles. The van der Waals surface area contributed by atoms with Crippen LogP contribution in [0.15, 0.2) is 53.0 Å². The molecule has 0 saturated carbocycles. The van der Waals surface area contributed by atoms with Gasteiger partial charge in [0.15, 0.2) is 11.4 Å². The molecule has 0 atom stereocenters. The Kier molecular flexibility index (Phi) is 7.47. The quantitative estimate of drug-likeness (QED) is 0.299. The molecular weight excluding hydrogens is 523 g/mol. The number of halogens is 3. The second-order valence-electron chi connectivity index (χ2n) is 7.36. The van der Waals surface area contributed by atoms with Crippen molar-refractivity contribution in [2.75, 3.05) is 0 Å². The summed E-state index contributed by atoms with van der Waals surface area (Å²) in [6.07, 6.45) is 0.683. The highest BCUT2D eigenvalue weighted by molar-refractivity contribution is 9.10. The fourth-order valence-corrected chi connectivity index (χ4v) is 4.51. The van der Waals surface area contributed by atoms with E-state index in [-0.39, 0.29) is 28.0 Å². The zero-order chi connectivity index (χ0) is 22.8. The van der Waals surface area contributed by atoms with E-state index in [2.05, 4.69) is 15.9 Å². The normalized spacial score (nSPS) is 11.4. The maximum atomic E-state index is 12.7. The molecule has 4 nitrogen and oxygen atoms in total. The summed E-state index contributed by atoms with van der Waals surface area (Å²) < 4.78 is 6.50. The molecule has 0 aliphatic heterocycles. The van der Waals surface area contributed by atoms with E-state index in [4.69, 9.17) is 27.9 Å². The molecule has 0 saturated heterocycles. The molecular formula is C23H19BrCl2O4S. The Labute approximate surface area is 202 Å². The molecule has 0 radical (unpaired) electrons. The van der Waals surface area contributed by atoms with Gasteiger partial charge in [0.1, 0.15) is 10.8 Å². The lowest BCUT2D eigenvalue weighted by Gasteiger charge is -2.23. The van der Waals surface area contributed by atoms with E-state index in [1.54, 1.807) is 12.1 Å². The second-order valence-corrected chi connectivity index (χ2v) is 10.1. The third-order valence-electron chi connectivity index (χ3n) is 4.64. The van der Waals surface area contributed by atoms with Crippen molar-refractivity contribution in [3.63, 3.8) is 0 Å². The summed E-state index contributed by atoms with van der Waals surface area (Å²) in [6.45, 7) is 2.85. The number of aliphatic carboxylic acids is 1. The van der Waals surface area contributed by atoms with Crippen molar-refractivity contribution in [2.24, 2.45) is 0 Å². The number of thiophene rings is 1. The molecule has 0 fully saturated rings. The van der Waals surface area contributed by atoms with Crippen LogP contribution in [0.1, 0.15) is 35.5 Å². The van der Waals surface area contributed by atoms with Crippen LogP contribution in [0.3, 0.4) is 0 Å². The van der Waals surface area contributed by atoms with E-state index in [0.29, 0.717) is 16.9 Å². The van der Waals surface area contributed by atoms with Gasteiger partial charge in [0.2, 0.25) is 0 Å². The molecule has 0 unspecified atom stereocenters. The Hall–Kier alpha value is -1.86. The summed E-state index contributed by atoms with van der Waals surface area (Å²) in [4.78, 5) is 25.7. The topological polar surface area (TPSA) is 63.6 Å². The number of benzene rings is 2. The van der Waals surface area contributed by atoms with E-state index in [9.17, 15) is 14.7 Å². The van der Waals surface area contributed by atoms with Crippen LogP contribution in [0.25, 0.3) is 10.4 Å². The number of carboxylic acid groups (broad SMARTS) is 1. The Morgan fingerprint density at radius 3 is 2.35 bits per heavy atom. The maximum absolute atomic E-state index is 12.7. The van der Waals surface area contributed by atoms with Crippen LogP contribution in [0, 0.1) is 0 Å². The summed E-state index contributed by atoms with van der Waals surface area (Å²) in [7, 11) is 0. The highest BCUT2D eigenvalue weighted by atomic mass is 79.9. The van der Waals surface area contributed by atoms with Crippen molar-refractivity contribution in [3.05, 3.63) is 73.5 Å². The molecule has 3 aromatic rings. The van der Waals surface area contributed by atoms with E-state index >= 15 is 0 Å². The van der Waals surface area contributed by atoms with Crippen LogP contribution in [-0.2, 0) is 11.2 Å². The van der Waals surface area contributed by atoms with Crippen LogP contribution in [0.5, 0.6) is 5.75 Å². The monoisotopic (exact) mass is 540 g/mol. The Balaban J connectivity index is 1.68. The molecule has 1 heterocycles. The van der Waals surface area contributed by atoms with Gasteiger partial charge in [-0.15, -0.1) is 11.3 Å². The number of ketones is 1. The molecule has 0 spiro atoms. The van der Waals surface area contributed by atoms with Gasteiger partial charge in [-0.1, -0.05) is 57.3 Å². The molecule has 0 bridgehead atoms. The van der Waals surface area contributed by atoms with Crippen LogP contribution in [0.4, 0.5) is 0 Å². The van der Waals surface area contributed by atoms with Crippen molar-refractivity contribution in [1.29, 1.82) is 0 Å². The molecule has 0 amide bonds. The zero-order valence-electron chi connectivity index (χ0n) is 16.7. The molecule has 2 aromatic carbocycles. The fraction of sp³-hybridized carbons (Fsp3) is 0.217. The SMILES string of the molecule is CC(C)(Oc1ccc(CCC(=O)c2ccc(-c3ccc(Br)cc3)s2)c(Cl)c1Cl)C(=O)O. The predicted octanol–water partition coefficient (Wildman–Crippen LogP) is 7.54. The van der Waals surface area contributed by atoms with Gasteiger partial charge in [0.05, 0.1) is 9.90 Å². The minimum Gasteiger partial charge on any atom is -0.478 e. The largest absolute Gasteiger partial charge is 0.478 e. The van der Waals surface area contributed by atoms with Crippen LogP contribution in [0.2, 0.25) is 10.0 Å². The van der Waals surface area contributed by atoms with Gasteiger partial charge in [0, 0.05) is 15.8 Å². The third-order valence-corrected chi connectivity index (χ3v) is 7.25. The first kappa shape index (κ1) is 23.8. The lowest BCUT2D eigenvalue weighted by atomic mass is 10.1. The number of carbonyl (C=O) groups is 2. The second kappa shape index (κ2) is 9.74. The minimum atomic E-state index is -1.45. The number of carboxylic acids is 1. The Morgan fingerprint density at radius 2 is 1.71 bits per heavy atom. The van der Waals surface area contributed by atoms with Crippen molar-refractivity contribution in [3.8, 4) is 16.2 Å². The fourth-order valence-electron chi connectivity index (χ4n) is 2.79. The number of hydrogen-bond donors (Lipinski definition) is 1. The lowest BCUT2D eigenvalue weighted by Crippen LogP contribution is -2.38. The first-order valence-electron chi connectivity index (χ1n) is 9.37. The number of ether oxygens (including phenoxy) is 1. The average Bonchev–Trinajstić information content (AvgIpc) is 3.21. The zero-order valence-corrected chi connectivity index (χ0v) is 20.7. The van der Waals surface area contributed by atoms with Crippen LogP contribution >= 0.6 is 50.5 Å². The number of rotatable bonds is 8. The molecule has 0 aliphatic carbocycles. The van der Waals surface area contributed by atoms with Gasteiger partial charge in [-0.05, 0) is 61.7 Å². The van der Waals surface area contributed by atoms with Gasteiger partial charge < -0.3 is 9.84 Å². The van der Waals surface area contributed by atoms with E-state index in [1.807, 2.05) is 36.4 Å². The lowest BCUT2D eigenvalue weighted by molar-refractivity contribution is -0.152. The van der Waals surface area contributed by atoms with Crippen molar-refractivity contribution in [2.45, 2.75) is 32.3 Å². The van der Waals surface area contributed by atoms with Crippen molar-refractivity contribution < 1.29 is 19.4 Å². The summed E-state index contributed by atoms with van der Waals surface area (Å²) in [5, 5.41) is 9.61. The first-order valence-corrected chi connectivity index (χ1v) is 11.7. The van der Waals surface area contributed by atoms with Crippen LogP contribution in [-0.4, -0.2) is 22.5 Å². The standard InChI is InChI=1S/C23H19BrCl2O4S/c1-23(2,22(28)29)30-17-10-6-14(20(25)21(17)26)5-9-16(27)19-12-11-18(31-19)13-3-7-15(24)8-4-13/h3-4,6-8,10-12H,5,9H2,1-2H3,(H,28,29). The Morgan fingerprint density at radius 1 is 1.03 bits per heavy atom. The number of Topliss-reactive ketones (excluding diaryl/α,β-unsaturated/α-hetero) is 1. The average molecular weight is 542 g/mol. The maximum Gasteiger partial charge on any atom is 0.347 e. The highest BCUT2D eigenvalue weighted by Crippen LogP contribution is 2.37. The number of aryl methyl sites for hydroxylation is 1. The summed E-state index contributed by atoms with van der Waals surface area (Å²) >= 11 is 17.5. The number of carbonyl (C=O) groups excluding carboxylic acids is 1. The minimum absolute atomic E-state index is 0.0212. The third kappa shape index (κ3) is 5.69. The van der Waals surface area contributed by atoms with Crippen molar-refractivity contribution >= 4 is 62.2 Å². The van der Waals surface area contributed by atoms with Crippen LogP contribution < -0.4 is 4.74 Å². The predicted molar refractivity (Wildman–Crippen MR) is 129 cm³/mol. The Bertz CT molecular complexity index is 1120. The molecule has 1 N–H and O–H groups in total. The summed E-state index contributed by atoms with van der Waals surface area (Å²) in [5.41, 5.74) is 0.308. The molecule has 0 aliphatic rings.